The first-order valence-electron chi connectivity index (χ1n) is 3.73. The molecule has 1 aromatic carbocycles. The molecule has 2 nitrogen and oxygen atoms in total. The molecule has 0 amide bonds. The monoisotopic (exact) mass is 150 g/mol. The standard InChI is InChI=1S/C9H10O2/c1-5-7-3-2-6(7)4-8(10)9(5)11/h4,10-11H,2-3H2,1H3. The van der Waals surface area contributed by atoms with Crippen molar-refractivity contribution in [2.75, 3.05) is 0 Å². The van der Waals surface area contributed by atoms with Crippen molar-refractivity contribution in [1.29, 1.82) is 0 Å². The zero-order valence-corrected chi connectivity index (χ0v) is 6.39. The molecule has 0 spiro atoms. The molecule has 0 bridgehead atoms. The fourth-order valence-corrected chi connectivity index (χ4v) is 1.55. The van der Waals surface area contributed by atoms with Crippen LogP contribution in [0.25, 0.3) is 0 Å². The Bertz CT molecular complexity index is 302. The quantitative estimate of drug-likeness (QED) is 0.550. The number of hydrogen-bond donors (Lipinski definition) is 2. The Morgan fingerprint density at radius 1 is 1.27 bits per heavy atom. The second kappa shape index (κ2) is 1.91. The average Bonchev–Trinajstić information content (AvgIpc) is 1.93. The second-order valence-corrected chi connectivity index (χ2v) is 3.01. The summed E-state index contributed by atoms with van der Waals surface area (Å²) < 4.78 is 0. The fraction of sp³-hybridized carbons (Fsp3) is 0.333. The molecule has 1 aliphatic carbocycles. The third-order valence-corrected chi connectivity index (χ3v) is 2.39. The maximum absolute atomic E-state index is 9.30. The molecule has 11 heavy (non-hydrogen) atoms. The van der Waals surface area contributed by atoms with Gasteiger partial charge in [-0.15, -0.1) is 0 Å². The van der Waals surface area contributed by atoms with Crippen molar-refractivity contribution in [2.24, 2.45) is 0 Å². The highest BCUT2D eigenvalue weighted by atomic mass is 16.3. The highest BCUT2D eigenvalue weighted by Gasteiger charge is 2.19. The Hall–Kier alpha value is -1.18. The molecule has 1 aromatic rings. The normalized spacial score (nSPS) is 13.9. The maximum atomic E-state index is 9.30. The number of fused-ring (bicyclic) bond motifs is 1. The average molecular weight is 150 g/mol. The molecule has 0 saturated heterocycles. The number of phenolic OH excluding ortho intramolecular Hbond substituents is 2. The number of benzene rings is 1. The van der Waals surface area contributed by atoms with E-state index in [4.69, 9.17) is 0 Å². The van der Waals surface area contributed by atoms with Gasteiger partial charge in [-0.25, -0.2) is 0 Å². The lowest BCUT2D eigenvalue weighted by Gasteiger charge is -2.22. The van der Waals surface area contributed by atoms with E-state index < -0.39 is 0 Å². The highest BCUT2D eigenvalue weighted by Crippen LogP contribution is 2.38. The van der Waals surface area contributed by atoms with Crippen molar-refractivity contribution in [3.63, 3.8) is 0 Å². The van der Waals surface area contributed by atoms with Crippen LogP contribution in [0.15, 0.2) is 6.07 Å². The van der Waals surface area contributed by atoms with Crippen LogP contribution in [0, 0.1) is 6.92 Å². The first-order valence-corrected chi connectivity index (χ1v) is 3.73. The van der Waals surface area contributed by atoms with Gasteiger partial charge in [0.2, 0.25) is 0 Å². The molecule has 0 heterocycles. The molecule has 0 radical (unpaired) electrons. The summed E-state index contributed by atoms with van der Waals surface area (Å²) in [6.07, 6.45) is 2.07. The molecule has 0 unspecified atom stereocenters. The predicted octanol–water partition coefficient (Wildman–Crippen LogP) is 1.50. The van der Waals surface area contributed by atoms with Crippen LogP contribution in [0.3, 0.4) is 0 Å². The van der Waals surface area contributed by atoms with E-state index >= 15 is 0 Å². The van der Waals surface area contributed by atoms with E-state index in [2.05, 4.69) is 0 Å². The van der Waals surface area contributed by atoms with Crippen LogP contribution in [-0.2, 0) is 12.8 Å². The van der Waals surface area contributed by atoms with Gasteiger partial charge in [-0.05, 0) is 42.5 Å². The Kier molecular flexibility index (Phi) is 1.13. The van der Waals surface area contributed by atoms with Gasteiger partial charge in [0.1, 0.15) is 0 Å². The van der Waals surface area contributed by atoms with Gasteiger partial charge in [-0.1, -0.05) is 0 Å². The number of hydrogen-bond acceptors (Lipinski definition) is 2. The van der Waals surface area contributed by atoms with E-state index in [9.17, 15) is 10.2 Å². The van der Waals surface area contributed by atoms with Gasteiger partial charge in [-0.2, -0.15) is 0 Å². The van der Waals surface area contributed by atoms with Gasteiger partial charge in [0.05, 0.1) is 0 Å². The first-order chi connectivity index (χ1) is 5.20. The van der Waals surface area contributed by atoms with Crippen LogP contribution in [0.1, 0.15) is 16.7 Å². The molecular formula is C9H10O2. The Balaban J connectivity index is 2.70. The van der Waals surface area contributed by atoms with Gasteiger partial charge >= 0.3 is 0 Å². The molecule has 2 rings (SSSR count). The predicted molar refractivity (Wildman–Crippen MR) is 41.9 cm³/mol. The van der Waals surface area contributed by atoms with E-state index in [1.165, 1.54) is 11.1 Å². The maximum Gasteiger partial charge on any atom is 0.160 e. The fourth-order valence-electron chi connectivity index (χ4n) is 1.55. The lowest BCUT2D eigenvalue weighted by atomic mass is 9.84. The van der Waals surface area contributed by atoms with E-state index in [-0.39, 0.29) is 11.5 Å². The van der Waals surface area contributed by atoms with E-state index in [1.54, 1.807) is 6.07 Å². The number of rotatable bonds is 0. The van der Waals surface area contributed by atoms with Crippen molar-refractivity contribution in [1.82, 2.24) is 0 Å². The summed E-state index contributed by atoms with van der Waals surface area (Å²) in [4.78, 5) is 0. The molecular weight excluding hydrogens is 140 g/mol. The molecule has 0 aliphatic heterocycles. The van der Waals surface area contributed by atoms with E-state index in [0.717, 1.165) is 18.4 Å². The van der Waals surface area contributed by atoms with Crippen molar-refractivity contribution in [2.45, 2.75) is 19.8 Å². The highest BCUT2D eigenvalue weighted by molar-refractivity contribution is 5.55. The van der Waals surface area contributed by atoms with Crippen molar-refractivity contribution in [3.8, 4) is 11.5 Å². The van der Waals surface area contributed by atoms with Crippen LogP contribution in [0.5, 0.6) is 11.5 Å². The molecule has 58 valence electrons. The van der Waals surface area contributed by atoms with Gasteiger partial charge in [0.25, 0.3) is 0 Å². The number of phenols is 2. The van der Waals surface area contributed by atoms with Crippen LogP contribution in [0.2, 0.25) is 0 Å². The summed E-state index contributed by atoms with van der Waals surface area (Å²) in [6.45, 7) is 1.84. The Morgan fingerprint density at radius 2 is 2.00 bits per heavy atom. The SMILES string of the molecule is Cc1c(O)c(O)cc2c1CC2. The summed E-state index contributed by atoms with van der Waals surface area (Å²) in [5.41, 5.74) is 3.23. The molecule has 1 aliphatic rings. The molecule has 0 saturated carbocycles. The number of aromatic hydroxyl groups is 2. The minimum Gasteiger partial charge on any atom is -0.504 e. The van der Waals surface area contributed by atoms with E-state index in [1.807, 2.05) is 6.92 Å². The topological polar surface area (TPSA) is 40.5 Å². The summed E-state index contributed by atoms with van der Waals surface area (Å²) in [7, 11) is 0. The third kappa shape index (κ3) is 0.723. The smallest absolute Gasteiger partial charge is 0.160 e. The van der Waals surface area contributed by atoms with Crippen LogP contribution in [0.4, 0.5) is 0 Å². The largest absolute Gasteiger partial charge is 0.504 e. The van der Waals surface area contributed by atoms with Crippen LogP contribution in [-0.4, -0.2) is 10.2 Å². The molecule has 0 fully saturated rings. The molecule has 0 atom stereocenters. The van der Waals surface area contributed by atoms with Gasteiger partial charge in [0.15, 0.2) is 11.5 Å². The van der Waals surface area contributed by atoms with Gasteiger partial charge in [0, 0.05) is 0 Å². The van der Waals surface area contributed by atoms with Crippen LogP contribution < -0.4 is 0 Å². The zero-order chi connectivity index (χ0) is 8.01. The van der Waals surface area contributed by atoms with Gasteiger partial charge < -0.3 is 10.2 Å². The Labute approximate surface area is 65.1 Å². The molecule has 2 heteroatoms. The molecule has 2 N–H and O–H groups in total. The first kappa shape index (κ1) is 6.53. The molecule has 0 aromatic heterocycles. The second-order valence-electron chi connectivity index (χ2n) is 3.01. The lowest BCUT2D eigenvalue weighted by Crippen LogP contribution is -2.10. The van der Waals surface area contributed by atoms with E-state index in [0.29, 0.717) is 0 Å². The summed E-state index contributed by atoms with van der Waals surface area (Å²) >= 11 is 0. The summed E-state index contributed by atoms with van der Waals surface area (Å²) in [5.74, 6) is 0.0596. The minimum absolute atomic E-state index is 0.0148. The Morgan fingerprint density at radius 3 is 2.55 bits per heavy atom. The van der Waals surface area contributed by atoms with Crippen molar-refractivity contribution in [3.05, 3.63) is 22.8 Å². The van der Waals surface area contributed by atoms with Crippen molar-refractivity contribution >= 4 is 0 Å². The summed E-state index contributed by atoms with van der Waals surface area (Å²) in [6, 6.07) is 1.65. The minimum atomic E-state index is 0.0148. The van der Waals surface area contributed by atoms with Gasteiger partial charge in [-0.3, -0.25) is 0 Å². The number of aryl methyl sites for hydroxylation is 1. The third-order valence-electron chi connectivity index (χ3n) is 2.39. The van der Waals surface area contributed by atoms with Crippen molar-refractivity contribution < 1.29 is 10.2 Å². The zero-order valence-electron chi connectivity index (χ0n) is 6.39. The summed E-state index contributed by atoms with van der Waals surface area (Å²) in [5, 5.41) is 18.5. The van der Waals surface area contributed by atoms with Crippen LogP contribution >= 0.6 is 0 Å². The lowest BCUT2D eigenvalue weighted by molar-refractivity contribution is 0.398.